The van der Waals surface area contributed by atoms with E-state index in [-0.39, 0.29) is 17.5 Å². The molecule has 0 radical (unpaired) electrons. The van der Waals surface area contributed by atoms with Crippen LogP contribution in [-0.4, -0.2) is 28.7 Å². The first kappa shape index (κ1) is 13.0. The van der Waals surface area contributed by atoms with Crippen LogP contribution in [0.5, 0.6) is 0 Å². The van der Waals surface area contributed by atoms with Crippen LogP contribution in [0.4, 0.5) is 4.39 Å². The molecule has 92 valence electrons. The van der Waals surface area contributed by atoms with E-state index >= 15 is 0 Å². The highest BCUT2D eigenvalue weighted by molar-refractivity contribution is 9.10. The fourth-order valence-electron chi connectivity index (χ4n) is 2.09. The Morgan fingerprint density at radius 1 is 1.53 bits per heavy atom. The van der Waals surface area contributed by atoms with E-state index in [1.54, 1.807) is 17.0 Å². The van der Waals surface area contributed by atoms with Gasteiger partial charge in [0.1, 0.15) is 5.82 Å². The quantitative estimate of drug-likeness (QED) is 0.734. The highest BCUT2D eigenvalue weighted by Crippen LogP contribution is 2.25. The summed E-state index contributed by atoms with van der Waals surface area (Å²) in [4.78, 5) is 14.0. The molecule has 1 aliphatic heterocycles. The van der Waals surface area contributed by atoms with E-state index < -0.39 is 5.82 Å². The third-order valence-corrected chi connectivity index (χ3v) is 4.36. The molecule has 0 aliphatic carbocycles. The Kier molecular flexibility index (Phi) is 4.20. The summed E-state index contributed by atoms with van der Waals surface area (Å²) in [5, 5.41) is 0.744. The molecule has 17 heavy (non-hydrogen) atoms. The summed E-state index contributed by atoms with van der Waals surface area (Å²) >= 11 is 6.49. The van der Waals surface area contributed by atoms with Crippen molar-refractivity contribution in [2.45, 2.75) is 18.9 Å². The molecule has 0 aromatic heterocycles. The number of carbonyl (C=O) groups is 1. The van der Waals surface area contributed by atoms with Gasteiger partial charge in [0, 0.05) is 17.9 Å². The number of hydrogen-bond donors (Lipinski definition) is 0. The van der Waals surface area contributed by atoms with Crippen molar-refractivity contribution in [2.75, 3.05) is 11.9 Å². The number of likely N-dealkylation sites (tertiary alicyclic amines) is 1. The van der Waals surface area contributed by atoms with Gasteiger partial charge in [0.2, 0.25) is 0 Å². The summed E-state index contributed by atoms with van der Waals surface area (Å²) in [6, 6.07) is 4.99. The lowest BCUT2D eigenvalue weighted by atomic mass is 10.1. The van der Waals surface area contributed by atoms with Crippen LogP contribution in [0.1, 0.15) is 23.2 Å². The molecule has 1 aromatic carbocycles. The van der Waals surface area contributed by atoms with Crippen molar-refractivity contribution in [3.8, 4) is 0 Å². The number of rotatable bonds is 2. The van der Waals surface area contributed by atoms with Gasteiger partial charge < -0.3 is 4.90 Å². The minimum absolute atomic E-state index is 0.146. The highest BCUT2D eigenvalue weighted by Gasteiger charge is 2.30. The molecule has 2 rings (SSSR count). The van der Waals surface area contributed by atoms with Crippen LogP contribution in [0, 0.1) is 5.82 Å². The second-order valence-electron chi connectivity index (χ2n) is 4.05. The summed E-state index contributed by atoms with van der Waals surface area (Å²) in [5.41, 5.74) is 0.146. The molecule has 0 bridgehead atoms. The van der Waals surface area contributed by atoms with Gasteiger partial charge in [-0.3, -0.25) is 4.79 Å². The van der Waals surface area contributed by atoms with Crippen molar-refractivity contribution in [1.82, 2.24) is 4.90 Å². The number of benzene rings is 1. The SMILES string of the molecule is O=C(c1cccc(Br)c1F)N1CCCC1CBr. The van der Waals surface area contributed by atoms with E-state index in [1.807, 2.05) is 0 Å². The third-order valence-electron chi connectivity index (χ3n) is 3.00. The van der Waals surface area contributed by atoms with Crippen molar-refractivity contribution in [2.24, 2.45) is 0 Å². The van der Waals surface area contributed by atoms with Gasteiger partial charge in [-0.2, -0.15) is 0 Å². The highest BCUT2D eigenvalue weighted by atomic mass is 79.9. The summed E-state index contributed by atoms with van der Waals surface area (Å²) in [6.45, 7) is 0.709. The van der Waals surface area contributed by atoms with Gasteiger partial charge in [-0.15, -0.1) is 0 Å². The van der Waals surface area contributed by atoms with Gasteiger partial charge in [0.05, 0.1) is 10.0 Å². The van der Waals surface area contributed by atoms with Crippen molar-refractivity contribution >= 4 is 37.8 Å². The number of halogens is 3. The molecule has 0 saturated carbocycles. The molecule has 1 amide bonds. The van der Waals surface area contributed by atoms with Gasteiger partial charge in [0.15, 0.2) is 0 Å². The lowest BCUT2D eigenvalue weighted by Gasteiger charge is -2.23. The number of carbonyl (C=O) groups excluding carboxylic acids is 1. The van der Waals surface area contributed by atoms with Crippen LogP contribution < -0.4 is 0 Å². The number of hydrogen-bond acceptors (Lipinski definition) is 1. The van der Waals surface area contributed by atoms with Crippen LogP contribution in [0.3, 0.4) is 0 Å². The van der Waals surface area contributed by atoms with E-state index in [0.29, 0.717) is 11.0 Å². The predicted molar refractivity (Wildman–Crippen MR) is 72.0 cm³/mol. The first-order chi connectivity index (χ1) is 8.15. The van der Waals surface area contributed by atoms with Crippen molar-refractivity contribution in [3.63, 3.8) is 0 Å². The Bertz CT molecular complexity index is 439. The smallest absolute Gasteiger partial charge is 0.257 e. The maximum atomic E-state index is 13.8. The molecular formula is C12H12Br2FNO. The Morgan fingerprint density at radius 3 is 3.00 bits per heavy atom. The summed E-state index contributed by atoms with van der Waals surface area (Å²) in [5.74, 6) is -0.691. The number of amides is 1. The molecule has 2 nitrogen and oxygen atoms in total. The maximum Gasteiger partial charge on any atom is 0.257 e. The zero-order valence-electron chi connectivity index (χ0n) is 9.13. The van der Waals surface area contributed by atoms with E-state index in [2.05, 4.69) is 31.9 Å². The topological polar surface area (TPSA) is 20.3 Å². The molecule has 1 aliphatic rings. The third kappa shape index (κ3) is 2.55. The summed E-state index contributed by atoms with van der Waals surface area (Å²) in [7, 11) is 0. The predicted octanol–water partition coefficient (Wildman–Crippen LogP) is 3.59. The molecule has 1 saturated heterocycles. The number of nitrogens with zero attached hydrogens (tertiary/aromatic N) is 1. The van der Waals surface area contributed by atoms with Gasteiger partial charge in [-0.25, -0.2) is 4.39 Å². The normalized spacial score (nSPS) is 19.7. The average Bonchev–Trinajstić information content (AvgIpc) is 2.80. The summed E-state index contributed by atoms with van der Waals surface area (Å²) < 4.78 is 14.2. The van der Waals surface area contributed by atoms with Gasteiger partial charge in [0.25, 0.3) is 5.91 Å². The standard InChI is InChI=1S/C12H12Br2FNO/c13-7-8-3-2-6-16(8)12(17)9-4-1-5-10(14)11(9)15/h1,4-5,8H,2-3,6-7H2. The second kappa shape index (κ2) is 5.48. The lowest BCUT2D eigenvalue weighted by Crippen LogP contribution is -2.36. The van der Waals surface area contributed by atoms with Crippen molar-refractivity contribution in [3.05, 3.63) is 34.1 Å². The zero-order chi connectivity index (χ0) is 12.4. The monoisotopic (exact) mass is 363 g/mol. The summed E-state index contributed by atoms with van der Waals surface area (Å²) in [6.07, 6.45) is 1.96. The first-order valence-electron chi connectivity index (χ1n) is 5.46. The second-order valence-corrected chi connectivity index (χ2v) is 5.55. The average molecular weight is 365 g/mol. The minimum Gasteiger partial charge on any atom is -0.335 e. The van der Waals surface area contributed by atoms with E-state index in [9.17, 15) is 9.18 Å². The molecular weight excluding hydrogens is 353 g/mol. The molecule has 5 heteroatoms. The fraction of sp³-hybridized carbons (Fsp3) is 0.417. The molecule has 0 spiro atoms. The molecule has 1 unspecified atom stereocenters. The Hall–Kier alpha value is -0.420. The lowest BCUT2D eigenvalue weighted by molar-refractivity contribution is 0.0745. The molecule has 1 heterocycles. The molecule has 1 atom stereocenters. The van der Waals surface area contributed by atoms with Gasteiger partial charge >= 0.3 is 0 Å². The van der Waals surface area contributed by atoms with E-state index in [0.717, 1.165) is 18.2 Å². The van der Waals surface area contributed by atoms with Crippen LogP contribution in [0.15, 0.2) is 22.7 Å². The zero-order valence-corrected chi connectivity index (χ0v) is 12.3. The van der Waals surface area contributed by atoms with E-state index in [1.165, 1.54) is 6.07 Å². The van der Waals surface area contributed by atoms with Crippen molar-refractivity contribution < 1.29 is 9.18 Å². The fourth-order valence-corrected chi connectivity index (χ4v) is 3.13. The van der Waals surface area contributed by atoms with Crippen LogP contribution in [0.2, 0.25) is 0 Å². The number of alkyl halides is 1. The molecule has 0 N–H and O–H groups in total. The van der Waals surface area contributed by atoms with Crippen molar-refractivity contribution in [1.29, 1.82) is 0 Å². The van der Waals surface area contributed by atoms with Crippen LogP contribution in [-0.2, 0) is 0 Å². The Labute approximate surface area is 116 Å². The molecule has 1 fully saturated rings. The first-order valence-corrected chi connectivity index (χ1v) is 7.37. The van der Waals surface area contributed by atoms with E-state index in [4.69, 9.17) is 0 Å². The van der Waals surface area contributed by atoms with Gasteiger partial charge in [-0.1, -0.05) is 22.0 Å². The van der Waals surface area contributed by atoms with Crippen LogP contribution >= 0.6 is 31.9 Å². The largest absolute Gasteiger partial charge is 0.335 e. The Morgan fingerprint density at radius 2 is 2.29 bits per heavy atom. The minimum atomic E-state index is -0.474. The van der Waals surface area contributed by atoms with Crippen LogP contribution in [0.25, 0.3) is 0 Å². The van der Waals surface area contributed by atoms with Gasteiger partial charge in [-0.05, 0) is 40.9 Å². The molecule has 1 aromatic rings. The Balaban J connectivity index is 2.28. The maximum absolute atomic E-state index is 13.8.